The van der Waals surface area contributed by atoms with E-state index in [1.54, 1.807) is 0 Å². The molecule has 2 heterocycles. The van der Waals surface area contributed by atoms with E-state index in [0.717, 1.165) is 51.1 Å². The molecule has 1 spiro atoms. The summed E-state index contributed by atoms with van der Waals surface area (Å²) >= 11 is 0. The molecule has 0 radical (unpaired) electrons. The molecule has 2 fully saturated rings. The number of aliphatic hydroxyl groups is 2. The second-order valence-electron chi connectivity index (χ2n) is 9.24. The molecule has 152 valence electrons. The van der Waals surface area contributed by atoms with Crippen molar-refractivity contribution in [2.45, 2.75) is 70.8 Å². The van der Waals surface area contributed by atoms with Crippen molar-refractivity contribution >= 4 is 0 Å². The summed E-state index contributed by atoms with van der Waals surface area (Å²) in [6, 6.07) is 8.11. The largest absolute Gasteiger partial charge is 0.491 e. The lowest BCUT2D eigenvalue weighted by Crippen LogP contribution is -2.55. The summed E-state index contributed by atoms with van der Waals surface area (Å²) in [7, 11) is 0. The van der Waals surface area contributed by atoms with Crippen molar-refractivity contribution in [3.8, 4) is 5.75 Å². The predicted molar refractivity (Wildman–Crippen MR) is 106 cm³/mol. The molecule has 1 aromatic rings. The molecule has 5 nitrogen and oxygen atoms in total. The molecule has 0 amide bonds. The van der Waals surface area contributed by atoms with E-state index in [4.69, 9.17) is 14.6 Å². The first kappa shape index (κ1) is 20.6. The summed E-state index contributed by atoms with van der Waals surface area (Å²) in [5.41, 5.74) is 1.17. The van der Waals surface area contributed by atoms with Crippen LogP contribution < -0.4 is 4.74 Å². The summed E-state index contributed by atoms with van der Waals surface area (Å²) in [6.07, 6.45) is 3.35. The number of hydrogen-bond acceptors (Lipinski definition) is 5. The lowest BCUT2D eigenvalue weighted by Gasteiger charge is -2.50. The molecule has 0 unspecified atom stereocenters. The van der Waals surface area contributed by atoms with Crippen LogP contribution in [-0.2, 0) is 11.3 Å². The van der Waals surface area contributed by atoms with Crippen LogP contribution in [0, 0.1) is 5.41 Å². The first-order valence-corrected chi connectivity index (χ1v) is 10.2. The van der Waals surface area contributed by atoms with Crippen LogP contribution in [0.25, 0.3) is 0 Å². The van der Waals surface area contributed by atoms with Crippen LogP contribution in [0.4, 0.5) is 0 Å². The number of ether oxygens (including phenoxy) is 2. The van der Waals surface area contributed by atoms with E-state index < -0.39 is 0 Å². The Bertz CT molecular complexity index is 587. The van der Waals surface area contributed by atoms with E-state index in [9.17, 15) is 5.11 Å². The fraction of sp³-hybridized carbons (Fsp3) is 0.727. The molecule has 0 aromatic heterocycles. The molecular formula is C22H35NO4. The minimum atomic E-state index is -0.249. The van der Waals surface area contributed by atoms with Gasteiger partial charge >= 0.3 is 0 Å². The van der Waals surface area contributed by atoms with Gasteiger partial charge in [0.05, 0.1) is 24.4 Å². The van der Waals surface area contributed by atoms with E-state index in [-0.39, 0.29) is 29.8 Å². The second kappa shape index (κ2) is 8.48. The van der Waals surface area contributed by atoms with Gasteiger partial charge in [-0.2, -0.15) is 0 Å². The maximum absolute atomic E-state index is 10.4. The fourth-order valence-corrected chi connectivity index (χ4v) is 4.24. The van der Waals surface area contributed by atoms with E-state index >= 15 is 0 Å². The number of hydrogen-bond donors (Lipinski definition) is 2. The molecule has 2 saturated heterocycles. The van der Waals surface area contributed by atoms with Gasteiger partial charge in [-0.1, -0.05) is 32.9 Å². The minimum Gasteiger partial charge on any atom is -0.491 e. The van der Waals surface area contributed by atoms with Gasteiger partial charge in [-0.25, -0.2) is 0 Å². The highest BCUT2D eigenvalue weighted by Gasteiger charge is 2.46. The van der Waals surface area contributed by atoms with Crippen molar-refractivity contribution < 1.29 is 19.7 Å². The molecule has 5 heteroatoms. The van der Waals surface area contributed by atoms with Gasteiger partial charge < -0.3 is 19.7 Å². The summed E-state index contributed by atoms with van der Waals surface area (Å²) in [6.45, 7) is 9.87. The number of benzene rings is 1. The first-order valence-electron chi connectivity index (χ1n) is 10.2. The zero-order chi connectivity index (χ0) is 19.5. The fourth-order valence-electron chi connectivity index (χ4n) is 4.24. The average molecular weight is 378 g/mol. The smallest absolute Gasteiger partial charge is 0.119 e. The molecule has 2 N–H and O–H groups in total. The summed E-state index contributed by atoms with van der Waals surface area (Å²) in [5, 5.41) is 19.3. The normalized spacial score (nSPS) is 26.3. The Morgan fingerprint density at radius 2 is 1.85 bits per heavy atom. The van der Waals surface area contributed by atoms with Crippen LogP contribution in [0.3, 0.4) is 0 Å². The molecule has 3 rings (SSSR count). The standard InChI is InChI=1S/C22H35NO4/c1-21(2,3)20-14-18(25)15-22(27-20)8-10-23(11-9-22)16-17-4-6-19(7-5-17)26-13-12-24/h4-7,18,20,24-25H,8-16H2,1-3H3/t18-,20-/m1/s1. The Kier molecular flexibility index (Phi) is 6.46. The third-order valence-corrected chi connectivity index (χ3v) is 5.91. The molecule has 0 aliphatic carbocycles. The van der Waals surface area contributed by atoms with E-state index in [0.29, 0.717) is 6.61 Å². The van der Waals surface area contributed by atoms with Crippen LogP contribution in [-0.4, -0.2) is 59.2 Å². The number of nitrogens with zero attached hydrogens (tertiary/aromatic N) is 1. The molecule has 1 aromatic carbocycles. The first-order chi connectivity index (χ1) is 12.8. The third kappa shape index (κ3) is 5.44. The summed E-state index contributed by atoms with van der Waals surface area (Å²) < 4.78 is 12.0. The van der Waals surface area contributed by atoms with Gasteiger partial charge in [-0.05, 0) is 36.0 Å². The topological polar surface area (TPSA) is 62.2 Å². The Morgan fingerprint density at radius 3 is 2.44 bits per heavy atom. The Labute approximate surface area is 163 Å². The molecular weight excluding hydrogens is 342 g/mol. The van der Waals surface area contributed by atoms with Crippen molar-refractivity contribution in [3.63, 3.8) is 0 Å². The highest BCUT2D eigenvalue weighted by Crippen LogP contribution is 2.42. The SMILES string of the molecule is CC(C)(C)[C@H]1C[C@@H](O)CC2(CCN(Cc3ccc(OCCO)cc3)CC2)O1. The predicted octanol–water partition coefficient (Wildman–Crippen LogP) is 2.98. The van der Waals surface area contributed by atoms with Crippen molar-refractivity contribution in [3.05, 3.63) is 29.8 Å². The number of piperidine rings is 1. The van der Waals surface area contributed by atoms with Crippen molar-refractivity contribution in [1.29, 1.82) is 0 Å². The molecule has 2 aliphatic heterocycles. The Morgan fingerprint density at radius 1 is 1.19 bits per heavy atom. The highest BCUT2D eigenvalue weighted by atomic mass is 16.5. The van der Waals surface area contributed by atoms with Crippen molar-refractivity contribution in [2.24, 2.45) is 5.41 Å². The monoisotopic (exact) mass is 377 g/mol. The van der Waals surface area contributed by atoms with E-state index in [1.165, 1.54) is 5.56 Å². The zero-order valence-corrected chi connectivity index (χ0v) is 17.0. The zero-order valence-electron chi connectivity index (χ0n) is 17.0. The second-order valence-corrected chi connectivity index (χ2v) is 9.24. The lowest BCUT2D eigenvalue weighted by molar-refractivity contribution is -0.207. The maximum atomic E-state index is 10.4. The third-order valence-electron chi connectivity index (χ3n) is 5.91. The van der Waals surface area contributed by atoms with Gasteiger partial charge in [0, 0.05) is 32.5 Å². The van der Waals surface area contributed by atoms with Gasteiger partial charge in [0.2, 0.25) is 0 Å². The summed E-state index contributed by atoms with van der Waals surface area (Å²) in [4.78, 5) is 2.46. The molecule has 0 saturated carbocycles. The van der Waals surface area contributed by atoms with Crippen LogP contribution in [0.5, 0.6) is 5.75 Å². The molecule has 2 aliphatic rings. The lowest BCUT2D eigenvalue weighted by atomic mass is 9.76. The highest BCUT2D eigenvalue weighted by molar-refractivity contribution is 5.27. The Balaban J connectivity index is 1.54. The minimum absolute atomic E-state index is 0.0319. The molecule has 0 bridgehead atoms. The molecule has 27 heavy (non-hydrogen) atoms. The van der Waals surface area contributed by atoms with Gasteiger partial charge in [0.25, 0.3) is 0 Å². The van der Waals surface area contributed by atoms with Crippen molar-refractivity contribution in [1.82, 2.24) is 4.90 Å². The number of rotatable bonds is 5. The summed E-state index contributed by atoms with van der Waals surface area (Å²) in [5.74, 6) is 0.795. The quantitative estimate of drug-likeness (QED) is 0.826. The van der Waals surface area contributed by atoms with Gasteiger partial charge in [-0.15, -0.1) is 0 Å². The van der Waals surface area contributed by atoms with E-state index in [1.807, 2.05) is 12.1 Å². The van der Waals surface area contributed by atoms with Crippen LogP contribution >= 0.6 is 0 Å². The van der Waals surface area contributed by atoms with Gasteiger partial charge in [0.1, 0.15) is 12.4 Å². The Hall–Kier alpha value is -1.14. The number of likely N-dealkylation sites (tertiary alicyclic amines) is 1. The van der Waals surface area contributed by atoms with E-state index in [2.05, 4.69) is 37.8 Å². The van der Waals surface area contributed by atoms with Crippen LogP contribution in [0.2, 0.25) is 0 Å². The van der Waals surface area contributed by atoms with Crippen LogP contribution in [0.1, 0.15) is 52.0 Å². The van der Waals surface area contributed by atoms with Gasteiger partial charge in [-0.3, -0.25) is 4.90 Å². The maximum Gasteiger partial charge on any atom is 0.119 e. The average Bonchev–Trinajstić information content (AvgIpc) is 2.62. The van der Waals surface area contributed by atoms with Crippen molar-refractivity contribution in [2.75, 3.05) is 26.3 Å². The van der Waals surface area contributed by atoms with Crippen LogP contribution in [0.15, 0.2) is 24.3 Å². The van der Waals surface area contributed by atoms with Gasteiger partial charge in [0.15, 0.2) is 0 Å². The number of aliphatic hydroxyl groups excluding tert-OH is 2. The molecule has 2 atom stereocenters.